The third-order valence-corrected chi connectivity index (χ3v) is 8.02. The number of hydrogen-bond donors (Lipinski definition) is 1. The van der Waals surface area contributed by atoms with Gasteiger partial charge in [-0.05, 0) is 37.1 Å². The first kappa shape index (κ1) is 23.7. The van der Waals surface area contributed by atoms with Gasteiger partial charge in [-0.25, -0.2) is 8.42 Å². The number of nitrogens with zero attached hydrogens (tertiary/aromatic N) is 3. The first-order valence-electron chi connectivity index (χ1n) is 10.4. The molecule has 0 aliphatic heterocycles. The van der Waals surface area contributed by atoms with E-state index in [4.69, 9.17) is 4.42 Å². The molecule has 1 fully saturated rings. The Balaban J connectivity index is 1.56. The van der Waals surface area contributed by atoms with Crippen LogP contribution in [0.4, 0.5) is 5.69 Å². The van der Waals surface area contributed by atoms with Crippen molar-refractivity contribution in [2.45, 2.75) is 74.5 Å². The molecule has 1 aromatic carbocycles. The number of rotatable bonds is 7. The molecule has 1 amide bonds. The van der Waals surface area contributed by atoms with Crippen LogP contribution < -0.4 is 5.32 Å². The topological polar surface area (TPSA) is 105 Å². The second-order valence-electron chi connectivity index (χ2n) is 8.80. The van der Waals surface area contributed by atoms with Crippen molar-refractivity contribution in [2.24, 2.45) is 0 Å². The number of carbonyl (C=O) groups excluding carboxylic acids is 1. The molecule has 2 aromatic rings. The number of anilines is 1. The molecule has 3 rings (SSSR count). The van der Waals surface area contributed by atoms with Crippen molar-refractivity contribution in [3.63, 3.8) is 0 Å². The van der Waals surface area contributed by atoms with Gasteiger partial charge in [0.1, 0.15) is 0 Å². The summed E-state index contributed by atoms with van der Waals surface area (Å²) in [6, 6.07) is 6.33. The summed E-state index contributed by atoms with van der Waals surface area (Å²) in [5.41, 5.74) is 0.284. The fourth-order valence-corrected chi connectivity index (χ4v) is 5.39. The van der Waals surface area contributed by atoms with Crippen LogP contribution in [0.25, 0.3) is 0 Å². The van der Waals surface area contributed by atoms with Gasteiger partial charge >= 0.3 is 0 Å². The van der Waals surface area contributed by atoms with E-state index in [-0.39, 0.29) is 28.0 Å². The Labute approximate surface area is 188 Å². The molecule has 8 nitrogen and oxygen atoms in total. The number of amides is 1. The van der Waals surface area contributed by atoms with E-state index in [2.05, 4.69) is 15.5 Å². The van der Waals surface area contributed by atoms with E-state index < -0.39 is 10.0 Å². The zero-order chi connectivity index (χ0) is 22.6. The standard InChI is InChI=1S/C21H30N4O4S2/c1-21(2,3)19-23-24-20(29-19)30-14-18(26)22-15-10-12-17(13-11-15)31(27,28)25(4)16-8-6-5-7-9-16/h10-13,16H,5-9,14H2,1-4H3,(H,22,26). The molecule has 1 aliphatic carbocycles. The van der Waals surface area contributed by atoms with Gasteiger partial charge in [-0.3, -0.25) is 4.79 Å². The molecule has 0 spiro atoms. The highest BCUT2D eigenvalue weighted by Gasteiger charge is 2.29. The molecular weight excluding hydrogens is 436 g/mol. The van der Waals surface area contributed by atoms with E-state index in [1.54, 1.807) is 19.2 Å². The Bertz CT molecular complexity index is 991. The third kappa shape index (κ3) is 6.08. The van der Waals surface area contributed by atoms with Crippen LogP contribution in [-0.2, 0) is 20.2 Å². The van der Waals surface area contributed by atoms with Crippen LogP contribution in [-0.4, -0.2) is 47.7 Å². The molecule has 1 N–H and O–H groups in total. The fourth-order valence-electron chi connectivity index (χ4n) is 3.41. The Morgan fingerprint density at radius 1 is 1.16 bits per heavy atom. The molecule has 1 saturated carbocycles. The lowest BCUT2D eigenvalue weighted by Crippen LogP contribution is -2.38. The molecular formula is C21H30N4O4S2. The number of hydrogen-bond acceptors (Lipinski definition) is 7. The summed E-state index contributed by atoms with van der Waals surface area (Å²) in [6.45, 7) is 5.91. The van der Waals surface area contributed by atoms with Gasteiger partial charge in [-0.2, -0.15) is 4.31 Å². The fraction of sp³-hybridized carbons (Fsp3) is 0.571. The smallest absolute Gasteiger partial charge is 0.277 e. The van der Waals surface area contributed by atoms with E-state index in [1.807, 2.05) is 20.8 Å². The van der Waals surface area contributed by atoms with Gasteiger partial charge in [0.05, 0.1) is 10.6 Å². The van der Waals surface area contributed by atoms with Crippen LogP contribution >= 0.6 is 11.8 Å². The summed E-state index contributed by atoms with van der Waals surface area (Å²) in [5, 5.41) is 11.1. The molecule has 1 aromatic heterocycles. The molecule has 31 heavy (non-hydrogen) atoms. The predicted octanol–water partition coefficient (Wildman–Crippen LogP) is 4.05. The maximum atomic E-state index is 12.9. The summed E-state index contributed by atoms with van der Waals surface area (Å²) in [7, 11) is -1.90. The van der Waals surface area contributed by atoms with Gasteiger partial charge < -0.3 is 9.73 Å². The Hall–Kier alpha value is -1.91. The van der Waals surface area contributed by atoms with Crippen LogP contribution in [0.15, 0.2) is 38.8 Å². The number of thioether (sulfide) groups is 1. The maximum absolute atomic E-state index is 12.9. The SMILES string of the molecule is CN(C1CCCCC1)S(=O)(=O)c1ccc(NC(=O)CSc2nnc(C(C)(C)C)o2)cc1. The van der Waals surface area contributed by atoms with Crippen molar-refractivity contribution in [1.82, 2.24) is 14.5 Å². The van der Waals surface area contributed by atoms with Crippen LogP contribution in [0.1, 0.15) is 58.8 Å². The Kier molecular flexibility index (Phi) is 7.43. The molecule has 1 heterocycles. The molecule has 0 bridgehead atoms. The predicted molar refractivity (Wildman–Crippen MR) is 121 cm³/mol. The van der Waals surface area contributed by atoms with Gasteiger partial charge in [0, 0.05) is 24.2 Å². The lowest BCUT2D eigenvalue weighted by molar-refractivity contribution is -0.113. The highest BCUT2D eigenvalue weighted by Crippen LogP contribution is 2.27. The molecule has 10 heteroatoms. The van der Waals surface area contributed by atoms with Crippen molar-refractivity contribution in [3.05, 3.63) is 30.2 Å². The zero-order valence-electron chi connectivity index (χ0n) is 18.4. The third-order valence-electron chi connectivity index (χ3n) is 5.28. The van der Waals surface area contributed by atoms with Crippen LogP contribution in [0.3, 0.4) is 0 Å². The zero-order valence-corrected chi connectivity index (χ0v) is 20.1. The quantitative estimate of drug-likeness (QED) is 0.614. The molecule has 0 atom stereocenters. The first-order chi connectivity index (χ1) is 14.6. The second kappa shape index (κ2) is 9.70. The first-order valence-corrected chi connectivity index (χ1v) is 12.8. The number of nitrogens with one attached hydrogen (secondary N) is 1. The normalized spacial score (nSPS) is 15.9. The summed E-state index contributed by atoms with van der Waals surface area (Å²) in [5.74, 6) is 0.386. The van der Waals surface area contributed by atoms with E-state index in [9.17, 15) is 13.2 Å². The lowest BCUT2D eigenvalue weighted by atomic mass is 9.96. The summed E-state index contributed by atoms with van der Waals surface area (Å²) < 4.78 is 32.9. The van der Waals surface area contributed by atoms with Gasteiger partial charge in [-0.15, -0.1) is 10.2 Å². The van der Waals surface area contributed by atoms with Gasteiger partial charge in [0.25, 0.3) is 5.22 Å². The van der Waals surface area contributed by atoms with Crippen LogP contribution in [0.2, 0.25) is 0 Å². The summed E-state index contributed by atoms with van der Waals surface area (Å²) in [4.78, 5) is 12.5. The highest BCUT2D eigenvalue weighted by atomic mass is 32.2. The Morgan fingerprint density at radius 2 is 1.81 bits per heavy atom. The molecule has 0 saturated heterocycles. The minimum atomic E-state index is -3.55. The number of benzene rings is 1. The van der Waals surface area contributed by atoms with Crippen molar-refractivity contribution < 1.29 is 17.6 Å². The average molecular weight is 467 g/mol. The van der Waals surface area contributed by atoms with Crippen LogP contribution in [0, 0.1) is 0 Å². The highest BCUT2D eigenvalue weighted by molar-refractivity contribution is 7.99. The number of carbonyl (C=O) groups is 1. The number of sulfonamides is 1. The van der Waals surface area contributed by atoms with E-state index >= 15 is 0 Å². The lowest BCUT2D eigenvalue weighted by Gasteiger charge is -2.30. The largest absolute Gasteiger partial charge is 0.415 e. The van der Waals surface area contributed by atoms with E-state index in [0.717, 1.165) is 37.4 Å². The number of aromatic nitrogens is 2. The molecule has 0 radical (unpaired) electrons. The maximum Gasteiger partial charge on any atom is 0.277 e. The monoisotopic (exact) mass is 466 g/mol. The summed E-state index contributed by atoms with van der Waals surface area (Å²) >= 11 is 1.16. The van der Waals surface area contributed by atoms with Gasteiger partial charge in [-0.1, -0.05) is 51.8 Å². The van der Waals surface area contributed by atoms with Crippen molar-refractivity contribution in [1.29, 1.82) is 0 Å². The molecule has 170 valence electrons. The van der Waals surface area contributed by atoms with Gasteiger partial charge in [0.2, 0.25) is 21.8 Å². The van der Waals surface area contributed by atoms with Crippen molar-refractivity contribution in [2.75, 3.05) is 18.1 Å². The summed E-state index contributed by atoms with van der Waals surface area (Å²) in [6.07, 6.45) is 5.10. The Morgan fingerprint density at radius 3 is 2.39 bits per heavy atom. The average Bonchev–Trinajstić information content (AvgIpc) is 3.22. The molecule has 1 aliphatic rings. The van der Waals surface area contributed by atoms with E-state index in [0.29, 0.717) is 16.8 Å². The van der Waals surface area contributed by atoms with Crippen LogP contribution in [0.5, 0.6) is 0 Å². The van der Waals surface area contributed by atoms with Crippen molar-refractivity contribution >= 4 is 33.4 Å². The van der Waals surface area contributed by atoms with Crippen molar-refractivity contribution in [3.8, 4) is 0 Å². The minimum absolute atomic E-state index is 0.0543. The second-order valence-corrected chi connectivity index (χ2v) is 11.7. The van der Waals surface area contributed by atoms with Gasteiger partial charge in [0.15, 0.2) is 0 Å². The van der Waals surface area contributed by atoms with E-state index in [1.165, 1.54) is 22.9 Å². The minimum Gasteiger partial charge on any atom is -0.415 e. The molecule has 0 unspecified atom stereocenters.